The molecule has 3 atom stereocenters. The molecule has 2 fully saturated rings. The van der Waals surface area contributed by atoms with Crippen LogP contribution in [0.15, 0.2) is 47.6 Å². The summed E-state index contributed by atoms with van der Waals surface area (Å²) in [6.07, 6.45) is 4.52. The van der Waals surface area contributed by atoms with E-state index in [4.69, 9.17) is 0 Å². The number of halogens is 3. The Morgan fingerprint density at radius 1 is 1.10 bits per heavy atom. The second-order valence-electron chi connectivity index (χ2n) is 7.83. The van der Waals surface area contributed by atoms with Crippen molar-refractivity contribution in [3.8, 4) is 0 Å². The molecule has 1 aliphatic heterocycles. The summed E-state index contributed by atoms with van der Waals surface area (Å²) in [5.74, 6) is 1.30. The molecule has 0 amide bonds. The van der Waals surface area contributed by atoms with Gasteiger partial charge in [-0.05, 0) is 55.0 Å². The zero-order valence-corrected chi connectivity index (χ0v) is 16.8. The Balaban J connectivity index is 1.62. The van der Waals surface area contributed by atoms with E-state index in [1.165, 1.54) is 37.9 Å². The van der Waals surface area contributed by atoms with E-state index in [9.17, 15) is 17.7 Å². The first kappa shape index (κ1) is 20.3. The van der Waals surface area contributed by atoms with Crippen LogP contribution in [0.3, 0.4) is 0 Å². The van der Waals surface area contributed by atoms with Crippen molar-refractivity contribution in [1.82, 2.24) is 4.98 Å². The van der Waals surface area contributed by atoms with Crippen LogP contribution >= 0.6 is 0 Å². The maximum atomic E-state index is 13.3. The number of rotatable bonds is 4. The number of alkyl halides is 3. The second-order valence-corrected chi connectivity index (χ2v) is 9.04. The zero-order valence-electron chi connectivity index (χ0n) is 16.0. The summed E-state index contributed by atoms with van der Waals surface area (Å²) >= 11 is -1.70. The molecule has 156 valence electrons. The van der Waals surface area contributed by atoms with Gasteiger partial charge in [0, 0.05) is 19.3 Å². The number of piperidine rings is 1. The molecule has 29 heavy (non-hydrogen) atoms. The number of nitrogens with one attached hydrogen (secondary N) is 1. The topological polar surface area (TPSA) is 51.2 Å². The quantitative estimate of drug-likeness (QED) is 0.683. The lowest BCUT2D eigenvalue weighted by molar-refractivity contribution is -0.137. The van der Waals surface area contributed by atoms with Gasteiger partial charge in [0.2, 0.25) is 0 Å². The highest BCUT2D eigenvalue weighted by Gasteiger charge is 2.35. The molecule has 1 saturated heterocycles. The smallest absolute Gasteiger partial charge is 0.416 e. The molecule has 2 unspecified atom stereocenters. The average Bonchev–Trinajstić information content (AvgIpc) is 2.73. The summed E-state index contributed by atoms with van der Waals surface area (Å²) < 4.78 is 55.4. The first-order valence-corrected chi connectivity index (χ1v) is 11.1. The summed E-state index contributed by atoms with van der Waals surface area (Å²) in [7, 11) is 0. The van der Waals surface area contributed by atoms with Crippen molar-refractivity contribution in [3.63, 3.8) is 0 Å². The van der Waals surface area contributed by atoms with Crippen molar-refractivity contribution in [3.05, 3.63) is 48.3 Å². The molecule has 4 rings (SSSR count). The van der Waals surface area contributed by atoms with Crippen molar-refractivity contribution in [2.75, 3.05) is 22.7 Å². The van der Waals surface area contributed by atoms with Crippen molar-refractivity contribution >= 4 is 22.7 Å². The van der Waals surface area contributed by atoms with Gasteiger partial charge in [-0.15, -0.1) is 0 Å². The van der Waals surface area contributed by atoms with E-state index < -0.39 is 23.1 Å². The van der Waals surface area contributed by atoms with Crippen LogP contribution in [0.1, 0.15) is 37.7 Å². The SMILES string of the molecule is [O-][S+](Nc1cc(C(F)(F)F)ccc1N1CC[C@@H]2CCCCC2C1)c1cccnc1. The molecule has 4 nitrogen and oxygen atoms in total. The van der Waals surface area contributed by atoms with Gasteiger partial charge in [0.1, 0.15) is 17.0 Å². The van der Waals surface area contributed by atoms with E-state index in [2.05, 4.69) is 14.6 Å². The zero-order chi connectivity index (χ0) is 20.4. The lowest BCUT2D eigenvalue weighted by atomic mass is 9.75. The Kier molecular flexibility index (Phi) is 5.92. The molecule has 0 bridgehead atoms. The van der Waals surface area contributed by atoms with E-state index in [0.29, 0.717) is 16.5 Å². The third kappa shape index (κ3) is 4.64. The van der Waals surface area contributed by atoms with Crippen LogP contribution in [0.2, 0.25) is 0 Å². The number of fused-ring (bicyclic) bond motifs is 1. The molecular formula is C21H24F3N3OS. The van der Waals surface area contributed by atoms with Gasteiger partial charge < -0.3 is 9.45 Å². The summed E-state index contributed by atoms with van der Waals surface area (Å²) in [6, 6.07) is 6.97. The third-order valence-corrected chi connectivity index (χ3v) is 7.08. The molecule has 1 aromatic heterocycles. The van der Waals surface area contributed by atoms with Crippen molar-refractivity contribution < 1.29 is 17.7 Å². The predicted molar refractivity (Wildman–Crippen MR) is 108 cm³/mol. The van der Waals surface area contributed by atoms with Gasteiger partial charge in [0.05, 0.1) is 17.4 Å². The second kappa shape index (κ2) is 8.44. The highest BCUT2D eigenvalue weighted by Crippen LogP contribution is 2.41. The van der Waals surface area contributed by atoms with Crippen LogP contribution in [0.4, 0.5) is 24.5 Å². The van der Waals surface area contributed by atoms with Crippen LogP contribution in [0.25, 0.3) is 0 Å². The maximum Gasteiger partial charge on any atom is 0.416 e. The molecule has 0 spiro atoms. The molecule has 2 aliphatic rings. The molecule has 0 radical (unpaired) electrons. The van der Waals surface area contributed by atoms with Gasteiger partial charge >= 0.3 is 6.18 Å². The molecule has 8 heteroatoms. The van der Waals surface area contributed by atoms with Gasteiger partial charge in [-0.1, -0.05) is 19.3 Å². The summed E-state index contributed by atoms with van der Waals surface area (Å²) in [4.78, 5) is 6.50. The molecule has 1 N–H and O–H groups in total. The number of anilines is 2. The van der Waals surface area contributed by atoms with Gasteiger partial charge in [-0.25, -0.2) is 4.72 Å². The van der Waals surface area contributed by atoms with Gasteiger partial charge in [-0.3, -0.25) is 4.98 Å². The van der Waals surface area contributed by atoms with Gasteiger partial charge in [0.25, 0.3) is 0 Å². The van der Waals surface area contributed by atoms with Crippen LogP contribution in [-0.4, -0.2) is 22.6 Å². The monoisotopic (exact) mass is 423 g/mol. The predicted octanol–water partition coefficient (Wildman–Crippen LogP) is 5.25. The number of pyridine rings is 1. The molecule has 1 saturated carbocycles. The molecule has 1 aromatic carbocycles. The fraction of sp³-hybridized carbons (Fsp3) is 0.476. The Morgan fingerprint density at radius 3 is 2.62 bits per heavy atom. The summed E-state index contributed by atoms with van der Waals surface area (Å²) in [6.45, 7) is 1.64. The standard InChI is InChI=1S/C21H24F3N3OS/c22-21(23,24)17-7-8-20(27-11-9-15-4-1-2-5-16(15)14-27)19(12-17)26-29(28)18-6-3-10-25-13-18/h3,6-8,10,12-13,15-16,26H,1-2,4-5,9,11,14H2/t15-,16?,29?/m0/s1. The Morgan fingerprint density at radius 2 is 1.90 bits per heavy atom. The van der Waals surface area contributed by atoms with Crippen LogP contribution in [0.5, 0.6) is 0 Å². The van der Waals surface area contributed by atoms with E-state index >= 15 is 0 Å². The van der Waals surface area contributed by atoms with Crippen LogP contribution in [0, 0.1) is 11.8 Å². The number of nitrogens with zero attached hydrogens (tertiary/aromatic N) is 2. The highest BCUT2D eigenvalue weighted by molar-refractivity contribution is 7.92. The van der Waals surface area contributed by atoms with Crippen molar-refractivity contribution in [2.24, 2.45) is 11.8 Å². The average molecular weight is 424 g/mol. The van der Waals surface area contributed by atoms with Crippen LogP contribution in [-0.2, 0) is 17.5 Å². The Hall–Kier alpha value is -1.93. The number of aromatic nitrogens is 1. The third-order valence-electron chi connectivity index (χ3n) is 6.01. The minimum absolute atomic E-state index is 0.247. The molecule has 2 aromatic rings. The Labute approximate surface area is 171 Å². The van der Waals surface area contributed by atoms with Crippen molar-refractivity contribution in [1.29, 1.82) is 0 Å². The lowest BCUT2D eigenvalue weighted by Gasteiger charge is -2.42. The van der Waals surface area contributed by atoms with Crippen LogP contribution < -0.4 is 9.62 Å². The molecule has 2 heterocycles. The largest absolute Gasteiger partial charge is 0.588 e. The number of benzene rings is 1. The minimum atomic E-state index is -4.46. The fourth-order valence-corrected chi connectivity index (χ4v) is 5.34. The normalized spacial score (nSPS) is 23.4. The molecule has 1 aliphatic carbocycles. The van der Waals surface area contributed by atoms with E-state index in [-0.39, 0.29) is 5.69 Å². The van der Waals surface area contributed by atoms with Gasteiger partial charge in [-0.2, -0.15) is 13.2 Å². The van der Waals surface area contributed by atoms with E-state index in [0.717, 1.165) is 37.6 Å². The fourth-order valence-electron chi connectivity index (χ4n) is 4.51. The number of hydrogen-bond donors (Lipinski definition) is 1. The van der Waals surface area contributed by atoms with E-state index in [1.54, 1.807) is 18.3 Å². The first-order valence-electron chi connectivity index (χ1n) is 9.96. The highest BCUT2D eigenvalue weighted by atomic mass is 32.2. The Bertz CT molecular complexity index is 834. The summed E-state index contributed by atoms with van der Waals surface area (Å²) in [5.41, 5.74) is 0.176. The lowest BCUT2D eigenvalue weighted by Crippen LogP contribution is -2.42. The molecular weight excluding hydrogens is 399 g/mol. The maximum absolute atomic E-state index is 13.3. The van der Waals surface area contributed by atoms with Gasteiger partial charge in [0.15, 0.2) is 4.90 Å². The minimum Gasteiger partial charge on any atom is -0.588 e. The number of hydrogen-bond acceptors (Lipinski definition) is 4. The summed E-state index contributed by atoms with van der Waals surface area (Å²) in [5, 5.41) is 0. The first-order chi connectivity index (χ1) is 13.9. The van der Waals surface area contributed by atoms with Crippen molar-refractivity contribution in [2.45, 2.75) is 43.2 Å². The van der Waals surface area contributed by atoms with E-state index in [1.807, 2.05) is 0 Å².